The Morgan fingerprint density at radius 2 is 1.81 bits per heavy atom. The molecule has 1 N–H and O–H groups in total. The molecule has 1 heterocycles. The van der Waals surface area contributed by atoms with Gasteiger partial charge in [0.1, 0.15) is 5.82 Å². The number of fused-ring (bicyclic) bond motifs is 1. The molecule has 21 heavy (non-hydrogen) atoms. The minimum absolute atomic E-state index is 0.0190. The van der Waals surface area contributed by atoms with Crippen molar-refractivity contribution in [2.45, 2.75) is 23.9 Å². The predicted octanol–water partition coefficient (Wildman–Crippen LogP) is 3.00. The van der Waals surface area contributed by atoms with Crippen LogP contribution in [0.3, 0.4) is 0 Å². The summed E-state index contributed by atoms with van der Waals surface area (Å²) in [6.45, 7) is 1.84. The van der Waals surface area contributed by atoms with E-state index in [9.17, 15) is 12.8 Å². The molecule has 2 atom stereocenters. The molecule has 0 saturated carbocycles. The van der Waals surface area contributed by atoms with Crippen molar-refractivity contribution in [1.29, 1.82) is 0 Å². The molecule has 1 aliphatic heterocycles. The predicted molar refractivity (Wildman–Crippen MR) is 79.2 cm³/mol. The first kappa shape index (κ1) is 14.2. The van der Waals surface area contributed by atoms with Crippen LogP contribution in [0.25, 0.3) is 0 Å². The highest BCUT2D eigenvalue weighted by Crippen LogP contribution is 2.34. The number of hydrogen-bond donors (Lipinski definition) is 1. The lowest BCUT2D eigenvalue weighted by Gasteiger charge is -2.20. The number of halogens is 1. The van der Waals surface area contributed by atoms with E-state index in [1.54, 1.807) is 30.3 Å². The largest absolute Gasteiger partial charge is 0.302 e. The number of benzene rings is 2. The van der Waals surface area contributed by atoms with Crippen molar-refractivity contribution < 1.29 is 12.8 Å². The molecule has 0 fully saturated rings. The van der Waals surface area contributed by atoms with E-state index in [0.29, 0.717) is 10.5 Å². The van der Waals surface area contributed by atoms with E-state index in [1.807, 2.05) is 19.1 Å². The summed E-state index contributed by atoms with van der Waals surface area (Å²) in [6, 6.07) is 12.9. The average molecular weight is 305 g/mol. The van der Waals surface area contributed by atoms with Gasteiger partial charge < -0.3 is 5.32 Å². The van der Waals surface area contributed by atoms with Gasteiger partial charge in [-0.15, -0.1) is 0 Å². The third kappa shape index (κ3) is 2.59. The second kappa shape index (κ2) is 5.24. The van der Waals surface area contributed by atoms with E-state index >= 15 is 0 Å². The Morgan fingerprint density at radius 3 is 2.57 bits per heavy atom. The van der Waals surface area contributed by atoms with Gasteiger partial charge in [0, 0.05) is 17.6 Å². The monoisotopic (exact) mass is 305 g/mol. The van der Waals surface area contributed by atoms with Crippen LogP contribution < -0.4 is 5.32 Å². The molecular formula is C16H16FNO2S. The Hall–Kier alpha value is -1.72. The summed E-state index contributed by atoms with van der Waals surface area (Å²) in [7, 11) is -3.25. The maximum absolute atomic E-state index is 13.8. The summed E-state index contributed by atoms with van der Waals surface area (Å²) in [5.41, 5.74) is 1.31. The van der Waals surface area contributed by atoms with Crippen molar-refractivity contribution in [3.63, 3.8) is 0 Å². The molecule has 0 aliphatic carbocycles. The zero-order valence-electron chi connectivity index (χ0n) is 11.6. The van der Waals surface area contributed by atoms with Gasteiger partial charge in [-0.25, -0.2) is 12.8 Å². The molecule has 5 heteroatoms. The standard InChI is InChI=1S/C16H16FNO2S/c1-11(12-6-2-4-8-14(12)17)18-15-10-21(19,20)16-9-5-3-7-13(15)16/h2-9,11,15,18H,10H2,1H3. The average Bonchev–Trinajstić information content (AvgIpc) is 2.71. The fourth-order valence-electron chi connectivity index (χ4n) is 2.81. The molecule has 0 saturated heterocycles. The first-order chi connectivity index (χ1) is 9.99. The summed E-state index contributed by atoms with van der Waals surface area (Å²) in [5.74, 6) is -0.267. The highest BCUT2D eigenvalue weighted by molar-refractivity contribution is 7.91. The summed E-state index contributed by atoms with van der Waals surface area (Å²) >= 11 is 0. The maximum Gasteiger partial charge on any atom is 0.180 e. The van der Waals surface area contributed by atoms with Crippen LogP contribution in [0.1, 0.15) is 30.1 Å². The molecule has 3 nitrogen and oxygen atoms in total. The van der Waals surface area contributed by atoms with Crippen LogP contribution in [-0.2, 0) is 9.84 Å². The highest BCUT2D eigenvalue weighted by Gasteiger charge is 2.35. The maximum atomic E-state index is 13.8. The quantitative estimate of drug-likeness (QED) is 0.948. The van der Waals surface area contributed by atoms with Crippen molar-refractivity contribution in [3.8, 4) is 0 Å². The molecule has 1 aliphatic rings. The van der Waals surface area contributed by atoms with Crippen LogP contribution in [0.15, 0.2) is 53.4 Å². The van der Waals surface area contributed by atoms with Gasteiger partial charge in [-0.05, 0) is 24.6 Å². The molecular weight excluding hydrogens is 289 g/mol. The van der Waals surface area contributed by atoms with Crippen LogP contribution in [0.5, 0.6) is 0 Å². The van der Waals surface area contributed by atoms with Gasteiger partial charge >= 0.3 is 0 Å². The fourth-order valence-corrected chi connectivity index (χ4v) is 4.56. The van der Waals surface area contributed by atoms with Crippen LogP contribution in [-0.4, -0.2) is 14.2 Å². The molecule has 0 bridgehead atoms. The molecule has 110 valence electrons. The molecule has 2 unspecified atom stereocenters. The summed E-state index contributed by atoms with van der Waals surface area (Å²) in [4.78, 5) is 0.378. The van der Waals surface area contributed by atoms with Gasteiger partial charge in [0.2, 0.25) is 0 Å². The lowest BCUT2D eigenvalue weighted by Crippen LogP contribution is -2.26. The Morgan fingerprint density at radius 1 is 1.14 bits per heavy atom. The van der Waals surface area contributed by atoms with Crippen molar-refractivity contribution in [3.05, 3.63) is 65.5 Å². The van der Waals surface area contributed by atoms with Gasteiger partial charge in [-0.1, -0.05) is 36.4 Å². The molecule has 2 aromatic carbocycles. The third-order valence-electron chi connectivity index (χ3n) is 3.84. The highest BCUT2D eigenvalue weighted by atomic mass is 32.2. The van der Waals surface area contributed by atoms with Crippen LogP contribution >= 0.6 is 0 Å². The van der Waals surface area contributed by atoms with Gasteiger partial charge in [-0.3, -0.25) is 0 Å². The van der Waals surface area contributed by atoms with Crippen molar-refractivity contribution >= 4 is 9.84 Å². The minimum Gasteiger partial charge on any atom is -0.302 e. The number of sulfone groups is 1. The van der Waals surface area contributed by atoms with E-state index in [2.05, 4.69) is 5.32 Å². The number of rotatable bonds is 3. The van der Waals surface area contributed by atoms with Crippen LogP contribution in [0.4, 0.5) is 4.39 Å². The van der Waals surface area contributed by atoms with Crippen molar-refractivity contribution in [2.75, 3.05) is 5.75 Å². The van der Waals surface area contributed by atoms with Crippen LogP contribution in [0.2, 0.25) is 0 Å². The van der Waals surface area contributed by atoms with Gasteiger partial charge in [0.05, 0.1) is 10.6 Å². The lowest BCUT2D eigenvalue weighted by molar-refractivity contribution is 0.476. The van der Waals surface area contributed by atoms with Crippen molar-refractivity contribution in [2.24, 2.45) is 0 Å². The first-order valence-electron chi connectivity index (χ1n) is 6.81. The normalized spacial score (nSPS) is 21.0. The topological polar surface area (TPSA) is 46.2 Å². The minimum atomic E-state index is -3.25. The van der Waals surface area contributed by atoms with Gasteiger partial charge in [0.15, 0.2) is 9.84 Å². The molecule has 2 aromatic rings. The van der Waals surface area contributed by atoms with E-state index in [-0.39, 0.29) is 23.7 Å². The lowest BCUT2D eigenvalue weighted by atomic mass is 10.0. The van der Waals surface area contributed by atoms with E-state index in [4.69, 9.17) is 0 Å². The Bertz CT molecular complexity index is 773. The number of nitrogens with one attached hydrogen (secondary N) is 1. The molecule has 0 spiro atoms. The van der Waals surface area contributed by atoms with Gasteiger partial charge in [-0.2, -0.15) is 0 Å². The Labute approximate surface area is 123 Å². The van der Waals surface area contributed by atoms with E-state index in [1.165, 1.54) is 6.07 Å². The Kier molecular flexibility index (Phi) is 3.55. The third-order valence-corrected chi connectivity index (χ3v) is 5.65. The second-order valence-electron chi connectivity index (χ2n) is 5.28. The van der Waals surface area contributed by atoms with E-state index in [0.717, 1.165) is 5.56 Å². The zero-order chi connectivity index (χ0) is 15.0. The summed E-state index contributed by atoms with van der Waals surface area (Å²) in [5, 5.41) is 3.23. The van der Waals surface area contributed by atoms with Crippen LogP contribution in [0, 0.1) is 5.82 Å². The molecule has 0 radical (unpaired) electrons. The summed E-state index contributed by atoms with van der Waals surface area (Å²) in [6.07, 6.45) is 0. The molecule has 0 amide bonds. The SMILES string of the molecule is CC(NC1CS(=O)(=O)c2ccccc21)c1ccccc1F. The van der Waals surface area contributed by atoms with Gasteiger partial charge in [0.25, 0.3) is 0 Å². The molecule has 0 aromatic heterocycles. The Balaban J connectivity index is 1.89. The fraction of sp³-hybridized carbons (Fsp3) is 0.250. The first-order valence-corrected chi connectivity index (χ1v) is 8.46. The van der Waals surface area contributed by atoms with E-state index < -0.39 is 9.84 Å². The molecule has 3 rings (SSSR count). The smallest absolute Gasteiger partial charge is 0.180 e. The summed E-state index contributed by atoms with van der Waals surface area (Å²) < 4.78 is 38.1. The van der Waals surface area contributed by atoms with Crippen molar-refractivity contribution in [1.82, 2.24) is 5.32 Å². The number of hydrogen-bond acceptors (Lipinski definition) is 3. The zero-order valence-corrected chi connectivity index (χ0v) is 12.4. The second-order valence-corrected chi connectivity index (χ2v) is 7.28.